The highest BCUT2D eigenvalue weighted by molar-refractivity contribution is 5.81. The highest BCUT2D eigenvalue weighted by Gasteiger charge is 2.09. The maximum Gasteiger partial charge on any atom is 0.142 e. The van der Waals surface area contributed by atoms with E-state index in [0.717, 1.165) is 28.0 Å². The quantitative estimate of drug-likeness (QED) is 0.743. The second kappa shape index (κ2) is 4.23. The third kappa shape index (κ3) is 1.67. The van der Waals surface area contributed by atoms with Crippen molar-refractivity contribution in [3.05, 3.63) is 48.3 Å². The Balaban J connectivity index is 2.23. The largest absolute Gasteiger partial charge is 0.327 e. The van der Waals surface area contributed by atoms with Crippen molar-refractivity contribution in [2.45, 2.75) is 6.54 Å². The topological polar surface area (TPSA) is 56.7 Å². The lowest BCUT2D eigenvalue weighted by atomic mass is 10.2. The first-order chi connectivity index (χ1) is 8.79. The molecule has 0 fully saturated rings. The van der Waals surface area contributed by atoms with Gasteiger partial charge < -0.3 is 10.3 Å². The Kier molecular flexibility index (Phi) is 2.57. The number of nitrogens with zero attached hydrogens (tertiary/aromatic N) is 3. The molecule has 1 aromatic carbocycles. The lowest BCUT2D eigenvalue weighted by Crippen LogP contribution is -1.97. The van der Waals surface area contributed by atoms with E-state index in [-0.39, 0.29) is 0 Å². The first-order valence-electron chi connectivity index (χ1n) is 5.85. The second-order valence-corrected chi connectivity index (χ2v) is 4.26. The van der Waals surface area contributed by atoms with Crippen molar-refractivity contribution in [1.82, 2.24) is 14.5 Å². The molecule has 4 heteroatoms. The van der Waals surface area contributed by atoms with E-state index in [1.54, 1.807) is 6.20 Å². The average Bonchev–Trinajstić information content (AvgIpc) is 2.77. The molecular weight excluding hydrogens is 224 g/mol. The highest BCUT2D eigenvalue weighted by Crippen LogP contribution is 2.23. The van der Waals surface area contributed by atoms with Gasteiger partial charge in [0.1, 0.15) is 5.82 Å². The van der Waals surface area contributed by atoms with E-state index in [9.17, 15) is 0 Å². The standard InChI is InChI=1S/C14H14N4/c1-18-13-7-10(8-15)4-5-12(13)17-14(18)11-3-2-6-16-9-11/h2-7,9H,8,15H2,1H3. The number of nitrogens with two attached hydrogens (primary N) is 1. The maximum absolute atomic E-state index is 5.67. The Morgan fingerprint density at radius 2 is 2.17 bits per heavy atom. The van der Waals surface area contributed by atoms with Crippen LogP contribution >= 0.6 is 0 Å². The van der Waals surface area contributed by atoms with Crippen LogP contribution in [0.5, 0.6) is 0 Å². The Bertz CT molecular complexity index is 686. The van der Waals surface area contributed by atoms with E-state index < -0.39 is 0 Å². The first kappa shape index (κ1) is 10.9. The van der Waals surface area contributed by atoms with Crippen molar-refractivity contribution in [3.63, 3.8) is 0 Å². The van der Waals surface area contributed by atoms with Crippen LogP contribution in [-0.4, -0.2) is 14.5 Å². The van der Waals surface area contributed by atoms with Crippen LogP contribution in [0.1, 0.15) is 5.56 Å². The van der Waals surface area contributed by atoms with E-state index in [1.807, 2.05) is 37.5 Å². The zero-order valence-electron chi connectivity index (χ0n) is 10.2. The van der Waals surface area contributed by atoms with Gasteiger partial charge in [0.05, 0.1) is 11.0 Å². The molecule has 3 rings (SSSR count). The fourth-order valence-electron chi connectivity index (χ4n) is 2.12. The van der Waals surface area contributed by atoms with Crippen LogP contribution in [-0.2, 0) is 13.6 Å². The molecule has 18 heavy (non-hydrogen) atoms. The molecule has 4 nitrogen and oxygen atoms in total. The summed E-state index contributed by atoms with van der Waals surface area (Å²) in [6, 6.07) is 10.0. The zero-order valence-corrected chi connectivity index (χ0v) is 10.2. The van der Waals surface area contributed by atoms with Gasteiger partial charge >= 0.3 is 0 Å². The average molecular weight is 238 g/mol. The van der Waals surface area contributed by atoms with Crippen LogP contribution in [0.4, 0.5) is 0 Å². The minimum Gasteiger partial charge on any atom is -0.327 e. The Hall–Kier alpha value is -2.20. The van der Waals surface area contributed by atoms with Crippen molar-refractivity contribution in [2.75, 3.05) is 0 Å². The molecular formula is C14H14N4. The summed E-state index contributed by atoms with van der Waals surface area (Å²) in [5, 5.41) is 0. The number of pyridine rings is 1. The molecule has 0 saturated heterocycles. The van der Waals surface area contributed by atoms with Gasteiger partial charge in [-0.15, -0.1) is 0 Å². The van der Waals surface area contributed by atoms with Gasteiger partial charge in [-0.1, -0.05) is 6.07 Å². The smallest absolute Gasteiger partial charge is 0.142 e. The molecule has 0 aliphatic carbocycles. The van der Waals surface area contributed by atoms with Crippen molar-refractivity contribution < 1.29 is 0 Å². The maximum atomic E-state index is 5.67. The van der Waals surface area contributed by atoms with E-state index in [4.69, 9.17) is 5.73 Å². The van der Waals surface area contributed by atoms with Crippen molar-refractivity contribution in [3.8, 4) is 11.4 Å². The van der Waals surface area contributed by atoms with E-state index in [0.29, 0.717) is 6.54 Å². The third-order valence-corrected chi connectivity index (χ3v) is 3.10. The number of hydrogen-bond donors (Lipinski definition) is 1. The predicted molar refractivity (Wildman–Crippen MR) is 71.8 cm³/mol. The van der Waals surface area contributed by atoms with Crippen molar-refractivity contribution in [2.24, 2.45) is 12.8 Å². The van der Waals surface area contributed by atoms with Gasteiger partial charge in [-0.3, -0.25) is 4.98 Å². The van der Waals surface area contributed by atoms with Gasteiger partial charge in [-0.25, -0.2) is 4.98 Å². The molecule has 3 aromatic rings. The summed E-state index contributed by atoms with van der Waals surface area (Å²) in [6.07, 6.45) is 3.59. The molecule has 2 aromatic heterocycles. The second-order valence-electron chi connectivity index (χ2n) is 4.26. The first-order valence-corrected chi connectivity index (χ1v) is 5.85. The summed E-state index contributed by atoms with van der Waals surface area (Å²) in [6.45, 7) is 0.545. The molecule has 0 spiro atoms. The normalized spacial score (nSPS) is 11.0. The number of aromatic nitrogens is 3. The summed E-state index contributed by atoms with van der Waals surface area (Å²) in [7, 11) is 2.01. The Morgan fingerprint density at radius 3 is 2.89 bits per heavy atom. The van der Waals surface area contributed by atoms with Crippen LogP contribution < -0.4 is 5.73 Å². The molecule has 0 radical (unpaired) electrons. The molecule has 0 bridgehead atoms. The number of hydrogen-bond acceptors (Lipinski definition) is 3. The van der Waals surface area contributed by atoms with Crippen LogP contribution in [0.15, 0.2) is 42.7 Å². The SMILES string of the molecule is Cn1c(-c2cccnc2)nc2ccc(CN)cc21. The van der Waals surface area contributed by atoms with Gasteiger partial charge in [-0.05, 0) is 29.8 Å². The lowest BCUT2D eigenvalue weighted by Gasteiger charge is -2.02. The molecule has 0 saturated carbocycles. The Labute approximate surface area is 105 Å². The fraction of sp³-hybridized carbons (Fsp3) is 0.143. The van der Waals surface area contributed by atoms with Crippen molar-refractivity contribution in [1.29, 1.82) is 0 Å². The van der Waals surface area contributed by atoms with Gasteiger partial charge in [0.15, 0.2) is 0 Å². The minimum atomic E-state index is 0.545. The summed E-state index contributed by atoms with van der Waals surface area (Å²) in [4.78, 5) is 8.77. The van der Waals surface area contributed by atoms with Crippen molar-refractivity contribution >= 4 is 11.0 Å². The molecule has 0 aliphatic rings. The van der Waals surface area contributed by atoms with E-state index in [1.165, 1.54) is 0 Å². The number of rotatable bonds is 2. The number of fused-ring (bicyclic) bond motifs is 1. The summed E-state index contributed by atoms with van der Waals surface area (Å²) in [5.74, 6) is 0.923. The lowest BCUT2D eigenvalue weighted by molar-refractivity contribution is 0.954. The van der Waals surface area contributed by atoms with Gasteiger partial charge in [-0.2, -0.15) is 0 Å². The van der Waals surface area contributed by atoms with E-state index in [2.05, 4.69) is 20.6 Å². The zero-order chi connectivity index (χ0) is 12.5. The summed E-state index contributed by atoms with van der Waals surface area (Å²) < 4.78 is 2.07. The predicted octanol–water partition coefficient (Wildman–Crippen LogP) is 2.09. The van der Waals surface area contributed by atoms with E-state index >= 15 is 0 Å². The number of aryl methyl sites for hydroxylation is 1. The number of imidazole rings is 1. The molecule has 0 unspecified atom stereocenters. The summed E-state index contributed by atoms with van der Waals surface area (Å²) in [5.41, 5.74) is 9.88. The van der Waals surface area contributed by atoms with Crippen LogP contribution in [0.2, 0.25) is 0 Å². The molecule has 0 atom stereocenters. The highest BCUT2D eigenvalue weighted by atomic mass is 15.1. The molecule has 0 amide bonds. The van der Waals surface area contributed by atoms with Crippen LogP contribution in [0.3, 0.4) is 0 Å². The van der Waals surface area contributed by atoms with Gasteiger partial charge in [0.2, 0.25) is 0 Å². The summed E-state index contributed by atoms with van der Waals surface area (Å²) >= 11 is 0. The Morgan fingerprint density at radius 1 is 1.28 bits per heavy atom. The van der Waals surface area contributed by atoms with Gasteiger partial charge in [0.25, 0.3) is 0 Å². The van der Waals surface area contributed by atoms with Gasteiger partial charge in [0, 0.05) is 31.5 Å². The van der Waals surface area contributed by atoms with Crippen LogP contribution in [0.25, 0.3) is 22.4 Å². The molecule has 0 aliphatic heterocycles. The fourth-order valence-corrected chi connectivity index (χ4v) is 2.12. The van der Waals surface area contributed by atoms with Crippen LogP contribution in [0, 0.1) is 0 Å². The molecule has 2 heterocycles. The molecule has 2 N–H and O–H groups in total. The third-order valence-electron chi connectivity index (χ3n) is 3.10. The molecule has 90 valence electrons. The number of benzene rings is 1. The minimum absolute atomic E-state index is 0.545. The monoisotopic (exact) mass is 238 g/mol.